The summed E-state index contributed by atoms with van der Waals surface area (Å²) in [5.74, 6) is -0.963. The van der Waals surface area contributed by atoms with Crippen LogP contribution in [0.4, 0.5) is 13.2 Å². The van der Waals surface area contributed by atoms with Crippen LogP contribution in [0, 0.1) is 5.92 Å². The van der Waals surface area contributed by atoms with Gasteiger partial charge in [0.15, 0.2) is 5.78 Å². The molecular weight excluding hydrogens is 399 g/mol. The molecule has 0 heterocycles. The third-order valence-electron chi connectivity index (χ3n) is 5.19. The van der Waals surface area contributed by atoms with E-state index in [1.165, 1.54) is 12.1 Å². The molecule has 1 N–H and O–H groups in total. The predicted octanol–water partition coefficient (Wildman–Crippen LogP) is 6.61. The van der Waals surface area contributed by atoms with Gasteiger partial charge in [0, 0.05) is 24.1 Å². The maximum atomic E-state index is 13.8. The molecule has 2 atom stereocenters. The van der Waals surface area contributed by atoms with E-state index in [9.17, 15) is 18.0 Å². The van der Waals surface area contributed by atoms with E-state index in [0.717, 1.165) is 11.6 Å². The fourth-order valence-corrected chi connectivity index (χ4v) is 3.71. The van der Waals surface area contributed by atoms with Crippen molar-refractivity contribution in [2.45, 2.75) is 25.2 Å². The van der Waals surface area contributed by atoms with E-state index >= 15 is 0 Å². The summed E-state index contributed by atoms with van der Waals surface area (Å²) < 4.78 is 41.4. The highest BCUT2D eigenvalue weighted by Gasteiger charge is 2.38. The normalized spacial score (nSPS) is 13.4. The van der Waals surface area contributed by atoms with Crippen molar-refractivity contribution < 1.29 is 18.0 Å². The zero-order valence-corrected chi connectivity index (χ0v) is 17.0. The summed E-state index contributed by atoms with van der Waals surface area (Å²) in [6.07, 6.45) is -2.71. The number of Topliss-reactive ketones (excluding diaryl/α,β-unsaturated/α-hetero) is 1. The van der Waals surface area contributed by atoms with Crippen LogP contribution in [0.25, 0.3) is 0 Å². The summed E-state index contributed by atoms with van der Waals surface area (Å²) in [5, 5.41) is 3.23. The van der Waals surface area contributed by atoms with Gasteiger partial charge in [-0.15, -0.1) is 6.58 Å². The molecule has 0 fully saturated rings. The molecule has 3 aromatic carbocycles. The number of nitrogens with one attached hydrogen (secondary N) is 1. The van der Waals surface area contributed by atoms with Gasteiger partial charge in [-0.25, -0.2) is 0 Å². The number of carbonyl (C=O) groups excluding carboxylic acids is 1. The minimum atomic E-state index is -4.53. The summed E-state index contributed by atoms with van der Waals surface area (Å²) in [5.41, 5.74) is 0.699. The van der Waals surface area contributed by atoms with Gasteiger partial charge in [0.2, 0.25) is 0 Å². The number of hydrogen-bond donors (Lipinski definition) is 1. The second-order valence-corrected chi connectivity index (χ2v) is 7.29. The predicted molar refractivity (Wildman–Crippen MR) is 117 cm³/mol. The lowest BCUT2D eigenvalue weighted by Gasteiger charge is -2.29. The van der Waals surface area contributed by atoms with Crippen molar-refractivity contribution in [2.75, 3.05) is 0 Å². The number of benzene rings is 3. The van der Waals surface area contributed by atoms with Crippen molar-refractivity contribution in [1.29, 1.82) is 0 Å². The standard InChI is InChI=1S/C26H24F3NO/c1-2-11-22(25(31)20-14-7-4-8-15-20)24(30-18-19-12-5-3-6-13-19)21-16-9-10-17-23(21)26(27,28)29/h2-10,12-17,22,24,30H,1,11,18H2/t22-,24-/m0/s1. The Kier molecular flexibility index (Phi) is 7.42. The molecule has 2 nitrogen and oxygen atoms in total. The Morgan fingerprint density at radius 2 is 1.48 bits per heavy atom. The SMILES string of the molecule is C=CC[C@H](C(=O)c1ccccc1)[C@@H](NCc1ccccc1)c1ccccc1C(F)(F)F. The summed E-state index contributed by atoms with van der Waals surface area (Å²) >= 11 is 0. The van der Waals surface area contributed by atoms with Gasteiger partial charge in [-0.2, -0.15) is 13.2 Å². The van der Waals surface area contributed by atoms with Gasteiger partial charge in [-0.3, -0.25) is 4.79 Å². The molecule has 0 spiro atoms. The fourth-order valence-electron chi connectivity index (χ4n) is 3.71. The zero-order chi connectivity index (χ0) is 22.3. The van der Waals surface area contributed by atoms with E-state index < -0.39 is 23.7 Å². The number of rotatable bonds is 9. The number of hydrogen-bond acceptors (Lipinski definition) is 2. The monoisotopic (exact) mass is 423 g/mol. The quantitative estimate of drug-likeness (QED) is 0.310. The number of allylic oxidation sites excluding steroid dienone is 1. The van der Waals surface area contributed by atoms with Crippen LogP contribution in [0.2, 0.25) is 0 Å². The molecule has 3 rings (SSSR count). The molecule has 0 radical (unpaired) electrons. The Labute approximate surface area is 180 Å². The molecule has 5 heteroatoms. The lowest BCUT2D eigenvalue weighted by Crippen LogP contribution is -2.34. The number of halogens is 3. The molecule has 0 aliphatic heterocycles. The molecule has 0 aliphatic rings. The van der Waals surface area contributed by atoms with Crippen LogP contribution < -0.4 is 5.32 Å². The highest BCUT2D eigenvalue weighted by atomic mass is 19.4. The van der Waals surface area contributed by atoms with E-state index in [-0.39, 0.29) is 17.8 Å². The van der Waals surface area contributed by atoms with E-state index in [2.05, 4.69) is 11.9 Å². The van der Waals surface area contributed by atoms with Crippen LogP contribution in [0.3, 0.4) is 0 Å². The highest BCUT2D eigenvalue weighted by Crippen LogP contribution is 2.38. The number of ketones is 1. The fraction of sp³-hybridized carbons (Fsp3) is 0.192. The summed E-state index contributed by atoms with van der Waals surface area (Å²) in [6.45, 7) is 4.07. The molecule has 0 saturated heterocycles. The third kappa shape index (κ3) is 5.70. The van der Waals surface area contributed by atoms with Gasteiger partial charge in [0.25, 0.3) is 0 Å². The van der Waals surface area contributed by atoms with Crippen molar-refractivity contribution in [1.82, 2.24) is 5.32 Å². The van der Waals surface area contributed by atoms with E-state index in [1.807, 2.05) is 30.3 Å². The Morgan fingerprint density at radius 3 is 2.10 bits per heavy atom. The first-order chi connectivity index (χ1) is 14.9. The van der Waals surface area contributed by atoms with Crippen molar-refractivity contribution in [3.8, 4) is 0 Å². The molecule has 0 aliphatic carbocycles. The molecule has 0 amide bonds. The average Bonchev–Trinajstić information content (AvgIpc) is 2.79. The molecule has 3 aromatic rings. The third-order valence-corrected chi connectivity index (χ3v) is 5.19. The molecule has 0 bridgehead atoms. The summed E-state index contributed by atoms with van der Waals surface area (Å²) in [4.78, 5) is 13.4. The van der Waals surface area contributed by atoms with Crippen LogP contribution >= 0.6 is 0 Å². The lowest BCUT2D eigenvalue weighted by atomic mass is 9.82. The van der Waals surface area contributed by atoms with Gasteiger partial charge < -0.3 is 5.32 Å². The molecule has 160 valence electrons. The first-order valence-corrected chi connectivity index (χ1v) is 10.1. The highest BCUT2D eigenvalue weighted by molar-refractivity contribution is 5.98. The lowest BCUT2D eigenvalue weighted by molar-refractivity contribution is -0.138. The molecule has 0 aromatic heterocycles. The van der Waals surface area contributed by atoms with Crippen LogP contribution in [0.15, 0.2) is 97.6 Å². The van der Waals surface area contributed by atoms with Crippen molar-refractivity contribution in [3.05, 3.63) is 120 Å². The number of alkyl halides is 3. The van der Waals surface area contributed by atoms with Gasteiger partial charge in [0.1, 0.15) is 0 Å². The summed E-state index contributed by atoms with van der Waals surface area (Å²) in [6, 6.07) is 22.6. The Hall–Kier alpha value is -3.18. The summed E-state index contributed by atoms with van der Waals surface area (Å²) in [7, 11) is 0. The number of carbonyl (C=O) groups is 1. The maximum absolute atomic E-state index is 13.8. The minimum absolute atomic E-state index is 0.0575. The van der Waals surface area contributed by atoms with E-state index in [1.54, 1.807) is 42.5 Å². The maximum Gasteiger partial charge on any atom is 0.416 e. The van der Waals surface area contributed by atoms with Crippen LogP contribution in [0.1, 0.15) is 39.5 Å². The van der Waals surface area contributed by atoms with Gasteiger partial charge in [-0.1, -0.05) is 84.9 Å². The Balaban J connectivity index is 2.05. The minimum Gasteiger partial charge on any atom is -0.305 e. The zero-order valence-electron chi connectivity index (χ0n) is 17.0. The van der Waals surface area contributed by atoms with E-state index in [4.69, 9.17) is 0 Å². The van der Waals surface area contributed by atoms with Crippen molar-refractivity contribution in [2.24, 2.45) is 5.92 Å². The van der Waals surface area contributed by atoms with Crippen molar-refractivity contribution >= 4 is 5.78 Å². The van der Waals surface area contributed by atoms with Crippen LogP contribution in [0.5, 0.6) is 0 Å². The molecule has 0 saturated carbocycles. The smallest absolute Gasteiger partial charge is 0.305 e. The Bertz CT molecular complexity index is 1000. The molecule has 0 unspecified atom stereocenters. The van der Waals surface area contributed by atoms with Crippen molar-refractivity contribution in [3.63, 3.8) is 0 Å². The molecular formula is C26H24F3NO. The van der Waals surface area contributed by atoms with Crippen LogP contribution in [-0.2, 0) is 12.7 Å². The average molecular weight is 423 g/mol. The largest absolute Gasteiger partial charge is 0.416 e. The Morgan fingerprint density at radius 1 is 0.903 bits per heavy atom. The van der Waals surface area contributed by atoms with E-state index in [0.29, 0.717) is 12.1 Å². The van der Waals surface area contributed by atoms with Gasteiger partial charge in [0.05, 0.1) is 5.56 Å². The second kappa shape index (κ2) is 10.2. The second-order valence-electron chi connectivity index (χ2n) is 7.29. The topological polar surface area (TPSA) is 29.1 Å². The van der Waals surface area contributed by atoms with Crippen LogP contribution in [-0.4, -0.2) is 5.78 Å². The van der Waals surface area contributed by atoms with Gasteiger partial charge >= 0.3 is 6.18 Å². The molecule has 31 heavy (non-hydrogen) atoms. The first kappa shape index (κ1) is 22.5. The first-order valence-electron chi connectivity index (χ1n) is 10.1. The van der Waals surface area contributed by atoms with Gasteiger partial charge in [-0.05, 0) is 23.6 Å².